The number of nitrogens with one attached hydrogen (secondary N) is 2. The number of rotatable bonds is 6. The summed E-state index contributed by atoms with van der Waals surface area (Å²) in [5.74, 6) is 0.305. The number of carbonyl (C=O) groups excluding carboxylic acids is 2. The summed E-state index contributed by atoms with van der Waals surface area (Å²) in [5, 5.41) is 6.52. The van der Waals surface area contributed by atoms with Gasteiger partial charge in [0.05, 0.1) is 12.3 Å². The van der Waals surface area contributed by atoms with E-state index in [1.165, 1.54) is 0 Å². The molecule has 0 aliphatic carbocycles. The molecule has 1 aliphatic rings. The van der Waals surface area contributed by atoms with Gasteiger partial charge in [0.1, 0.15) is 0 Å². The zero-order valence-corrected chi connectivity index (χ0v) is 14.8. The first-order valence-corrected chi connectivity index (χ1v) is 8.36. The molecule has 0 saturated carbocycles. The predicted molar refractivity (Wildman–Crippen MR) is 102 cm³/mol. The van der Waals surface area contributed by atoms with Crippen LogP contribution in [-0.2, 0) is 4.79 Å². The van der Waals surface area contributed by atoms with Crippen LogP contribution in [0.3, 0.4) is 0 Å². The van der Waals surface area contributed by atoms with E-state index < -0.39 is 5.91 Å². The Morgan fingerprint density at radius 1 is 1.11 bits per heavy atom. The highest BCUT2D eigenvalue weighted by atomic mass is 16.7. The Labute approximate surface area is 156 Å². The maximum absolute atomic E-state index is 12.1. The lowest BCUT2D eigenvalue weighted by Gasteiger charge is -2.05. The minimum absolute atomic E-state index is 0.138. The fourth-order valence-electron chi connectivity index (χ4n) is 2.31. The summed E-state index contributed by atoms with van der Waals surface area (Å²) in [6.45, 7) is 1.72. The van der Waals surface area contributed by atoms with E-state index in [0.717, 1.165) is 5.56 Å². The maximum atomic E-state index is 12.1. The van der Waals surface area contributed by atoms with Gasteiger partial charge in [-0.25, -0.2) is 5.43 Å². The summed E-state index contributed by atoms with van der Waals surface area (Å²) in [4.78, 5) is 24.0. The molecule has 0 radical (unpaired) electrons. The van der Waals surface area contributed by atoms with Gasteiger partial charge in [-0.2, -0.15) is 5.10 Å². The topological polar surface area (TPSA) is 89.0 Å². The number of fused-ring (bicyclic) bond motifs is 1. The molecule has 0 fully saturated rings. The van der Waals surface area contributed by atoms with Gasteiger partial charge in [0.15, 0.2) is 11.5 Å². The SMILES string of the molecule is CC(/C=C/c1ccccc1)=N\NC(=O)CNC(=O)c1ccc2c(c1)OCO2. The van der Waals surface area contributed by atoms with E-state index in [9.17, 15) is 9.59 Å². The van der Waals surface area contributed by atoms with Gasteiger partial charge in [-0.3, -0.25) is 9.59 Å². The number of hydrogen-bond donors (Lipinski definition) is 2. The summed E-state index contributed by atoms with van der Waals surface area (Å²) in [6, 6.07) is 14.6. The molecule has 2 N–H and O–H groups in total. The first-order valence-electron chi connectivity index (χ1n) is 8.36. The molecular weight excluding hydrogens is 346 g/mol. The average molecular weight is 365 g/mol. The average Bonchev–Trinajstić information content (AvgIpc) is 3.17. The Morgan fingerprint density at radius 2 is 1.89 bits per heavy atom. The second-order valence-corrected chi connectivity index (χ2v) is 5.78. The van der Waals surface area contributed by atoms with Crippen molar-refractivity contribution in [1.29, 1.82) is 0 Å². The number of nitrogens with zero attached hydrogens (tertiary/aromatic N) is 1. The minimum atomic E-state index is -0.420. The fourth-order valence-corrected chi connectivity index (χ4v) is 2.31. The normalized spacial score (nSPS) is 12.9. The molecule has 2 amide bonds. The molecular formula is C20H19N3O4. The maximum Gasteiger partial charge on any atom is 0.259 e. The van der Waals surface area contributed by atoms with Crippen LogP contribution < -0.4 is 20.2 Å². The third-order valence-corrected chi connectivity index (χ3v) is 3.72. The van der Waals surface area contributed by atoms with Crippen LogP contribution in [0, 0.1) is 0 Å². The second kappa shape index (κ2) is 8.66. The predicted octanol–water partition coefficient (Wildman–Crippen LogP) is 2.35. The fraction of sp³-hybridized carbons (Fsp3) is 0.150. The van der Waals surface area contributed by atoms with E-state index in [1.54, 1.807) is 31.2 Å². The van der Waals surface area contributed by atoms with Gasteiger partial charge in [0, 0.05) is 5.56 Å². The number of benzene rings is 2. The molecule has 2 aromatic rings. The zero-order chi connectivity index (χ0) is 19.1. The van der Waals surface area contributed by atoms with Crippen molar-refractivity contribution in [2.45, 2.75) is 6.92 Å². The summed E-state index contributed by atoms with van der Waals surface area (Å²) < 4.78 is 10.4. The van der Waals surface area contributed by atoms with Crippen LogP contribution in [0.25, 0.3) is 6.08 Å². The molecule has 0 atom stereocenters. The number of allylic oxidation sites excluding steroid dienone is 1. The Bertz CT molecular complexity index is 891. The van der Waals surface area contributed by atoms with Crippen LogP contribution >= 0.6 is 0 Å². The molecule has 1 heterocycles. The van der Waals surface area contributed by atoms with E-state index in [0.29, 0.717) is 22.8 Å². The highest BCUT2D eigenvalue weighted by Crippen LogP contribution is 2.32. The summed E-state index contributed by atoms with van der Waals surface area (Å²) >= 11 is 0. The highest BCUT2D eigenvalue weighted by molar-refractivity contribution is 5.98. The first kappa shape index (κ1) is 18.2. The second-order valence-electron chi connectivity index (χ2n) is 5.78. The lowest BCUT2D eigenvalue weighted by atomic mass is 10.2. The van der Waals surface area contributed by atoms with Crippen molar-refractivity contribution in [3.8, 4) is 11.5 Å². The van der Waals surface area contributed by atoms with Gasteiger partial charge < -0.3 is 14.8 Å². The molecule has 0 spiro atoms. The van der Waals surface area contributed by atoms with E-state index in [2.05, 4.69) is 15.8 Å². The van der Waals surface area contributed by atoms with Crippen molar-refractivity contribution in [1.82, 2.24) is 10.7 Å². The van der Waals surface area contributed by atoms with Gasteiger partial charge >= 0.3 is 0 Å². The molecule has 3 rings (SSSR count). The van der Waals surface area contributed by atoms with Crippen molar-refractivity contribution in [3.63, 3.8) is 0 Å². The first-order chi connectivity index (χ1) is 13.1. The van der Waals surface area contributed by atoms with Gasteiger partial charge in [-0.1, -0.05) is 36.4 Å². The molecule has 0 aromatic heterocycles. The molecule has 0 saturated heterocycles. The van der Waals surface area contributed by atoms with Crippen LogP contribution in [0.1, 0.15) is 22.8 Å². The lowest BCUT2D eigenvalue weighted by molar-refractivity contribution is -0.120. The van der Waals surface area contributed by atoms with Crippen molar-refractivity contribution < 1.29 is 19.1 Å². The number of hydrazone groups is 1. The van der Waals surface area contributed by atoms with Crippen LogP contribution in [0.2, 0.25) is 0 Å². The van der Waals surface area contributed by atoms with Crippen molar-refractivity contribution in [2.24, 2.45) is 5.10 Å². The number of carbonyl (C=O) groups is 2. The van der Waals surface area contributed by atoms with E-state index >= 15 is 0 Å². The quantitative estimate of drug-likeness (QED) is 0.607. The summed E-state index contributed by atoms with van der Waals surface area (Å²) in [5.41, 5.74) is 4.46. The smallest absolute Gasteiger partial charge is 0.259 e. The highest BCUT2D eigenvalue weighted by Gasteiger charge is 2.16. The molecule has 27 heavy (non-hydrogen) atoms. The standard InChI is InChI=1S/C20H19N3O4/c1-14(7-8-15-5-3-2-4-6-15)22-23-19(24)12-21-20(25)16-9-10-17-18(11-16)27-13-26-17/h2-11H,12-13H2,1H3,(H,21,25)(H,23,24)/b8-7+,22-14+. The number of hydrogen-bond acceptors (Lipinski definition) is 5. The van der Waals surface area contributed by atoms with Crippen molar-refractivity contribution in [2.75, 3.05) is 13.3 Å². The van der Waals surface area contributed by atoms with Crippen LogP contribution in [0.15, 0.2) is 59.7 Å². The largest absolute Gasteiger partial charge is 0.454 e. The molecule has 7 nitrogen and oxygen atoms in total. The Morgan fingerprint density at radius 3 is 2.70 bits per heavy atom. The number of ether oxygens (including phenoxy) is 2. The van der Waals surface area contributed by atoms with Gasteiger partial charge in [-0.05, 0) is 36.8 Å². The van der Waals surface area contributed by atoms with Crippen LogP contribution in [0.4, 0.5) is 0 Å². The molecule has 1 aliphatic heterocycles. The summed E-state index contributed by atoms with van der Waals surface area (Å²) in [7, 11) is 0. The van der Waals surface area contributed by atoms with E-state index in [-0.39, 0.29) is 19.2 Å². The molecule has 2 aromatic carbocycles. The zero-order valence-electron chi connectivity index (χ0n) is 14.8. The van der Waals surface area contributed by atoms with Crippen LogP contribution in [-0.4, -0.2) is 30.9 Å². The Kier molecular flexibility index (Phi) is 5.84. The molecule has 138 valence electrons. The van der Waals surface area contributed by atoms with Crippen molar-refractivity contribution in [3.05, 3.63) is 65.7 Å². The van der Waals surface area contributed by atoms with Gasteiger partial charge in [0.25, 0.3) is 11.8 Å². The Hall–Kier alpha value is -3.61. The molecule has 0 bridgehead atoms. The Balaban J connectivity index is 1.46. The third-order valence-electron chi connectivity index (χ3n) is 3.72. The van der Waals surface area contributed by atoms with Crippen LogP contribution in [0.5, 0.6) is 11.5 Å². The molecule has 0 unspecified atom stereocenters. The molecule has 7 heteroatoms. The van der Waals surface area contributed by atoms with E-state index in [1.807, 2.05) is 36.4 Å². The van der Waals surface area contributed by atoms with Gasteiger partial charge in [0.2, 0.25) is 6.79 Å². The van der Waals surface area contributed by atoms with Crippen molar-refractivity contribution >= 4 is 23.6 Å². The summed E-state index contributed by atoms with van der Waals surface area (Å²) in [6.07, 6.45) is 3.69. The minimum Gasteiger partial charge on any atom is -0.454 e. The third kappa shape index (κ3) is 5.18. The van der Waals surface area contributed by atoms with E-state index in [4.69, 9.17) is 9.47 Å². The lowest BCUT2D eigenvalue weighted by Crippen LogP contribution is -2.35. The number of amides is 2. The monoisotopic (exact) mass is 365 g/mol. The van der Waals surface area contributed by atoms with Gasteiger partial charge in [-0.15, -0.1) is 0 Å².